The third kappa shape index (κ3) is 1.32. The van der Waals surface area contributed by atoms with Crippen molar-refractivity contribution in [1.29, 1.82) is 0 Å². The van der Waals surface area contributed by atoms with E-state index in [1.165, 1.54) is 0 Å². The van der Waals surface area contributed by atoms with E-state index in [0.717, 1.165) is 24.5 Å². The summed E-state index contributed by atoms with van der Waals surface area (Å²) in [4.78, 5) is 14.9. The van der Waals surface area contributed by atoms with Crippen LogP contribution in [0.1, 0.15) is 17.9 Å². The molecule has 1 aromatic rings. The van der Waals surface area contributed by atoms with E-state index in [1.54, 1.807) is 6.20 Å². The number of carboxylic acids is 1. The molecule has 0 amide bonds. The van der Waals surface area contributed by atoms with Crippen molar-refractivity contribution in [3.05, 3.63) is 17.7 Å². The number of carboxylic acid groups (broad SMARTS) is 1. The van der Waals surface area contributed by atoms with Crippen molar-refractivity contribution in [2.75, 3.05) is 0 Å². The lowest BCUT2D eigenvalue weighted by molar-refractivity contribution is -0.142. The van der Waals surface area contributed by atoms with Gasteiger partial charge in [-0.15, -0.1) is 0 Å². The van der Waals surface area contributed by atoms with Crippen molar-refractivity contribution in [1.82, 2.24) is 9.55 Å². The van der Waals surface area contributed by atoms with Crippen LogP contribution in [0.3, 0.4) is 0 Å². The van der Waals surface area contributed by atoms with Gasteiger partial charge in [0.2, 0.25) is 0 Å². The molecular weight excluding hydrogens is 168 g/mol. The molecule has 4 nitrogen and oxygen atoms in total. The molecule has 1 unspecified atom stereocenters. The number of fused-ring (bicyclic) bond motifs is 1. The third-order valence-corrected chi connectivity index (χ3v) is 2.62. The summed E-state index contributed by atoms with van der Waals surface area (Å²) < 4.78 is 2.10. The van der Waals surface area contributed by atoms with Gasteiger partial charge in [-0.25, -0.2) is 4.98 Å². The van der Waals surface area contributed by atoms with Gasteiger partial charge >= 0.3 is 5.97 Å². The van der Waals surface area contributed by atoms with Crippen LogP contribution in [0, 0.1) is 12.8 Å². The average Bonchev–Trinajstić information content (AvgIpc) is 2.47. The van der Waals surface area contributed by atoms with E-state index in [2.05, 4.69) is 9.55 Å². The Kier molecular flexibility index (Phi) is 1.83. The van der Waals surface area contributed by atoms with Gasteiger partial charge in [0.25, 0.3) is 0 Å². The van der Waals surface area contributed by atoms with Crippen LogP contribution in [-0.4, -0.2) is 20.6 Å². The fourth-order valence-corrected chi connectivity index (χ4v) is 1.80. The van der Waals surface area contributed by atoms with Crippen molar-refractivity contribution < 1.29 is 9.90 Å². The molecule has 0 fully saturated rings. The molecule has 13 heavy (non-hydrogen) atoms. The van der Waals surface area contributed by atoms with E-state index in [9.17, 15) is 4.79 Å². The number of carbonyl (C=O) groups is 1. The molecule has 2 heterocycles. The van der Waals surface area contributed by atoms with Crippen molar-refractivity contribution in [3.8, 4) is 0 Å². The Hall–Kier alpha value is -1.32. The monoisotopic (exact) mass is 180 g/mol. The summed E-state index contributed by atoms with van der Waals surface area (Å²) in [6.07, 6.45) is 3.10. The van der Waals surface area contributed by atoms with Gasteiger partial charge in [0.05, 0.1) is 5.92 Å². The molecule has 0 bridgehead atoms. The predicted molar refractivity (Wildman–Crippen MR) is 46.4 cm³/mol. The largest absolute Gasteiger partial charge is 0.481 e. The highest BCUT2D eigenvalue weighted by Crippen LogP contribution is 2.20. The zero-order chi connectivity index (χ0) is 9.42. The van der Waals surface area contributed by atoms with E-state index in [1.807, 2.05) is 6.92 Å². The molecule has 1 aliphatic rings. The maximum absolute atomic E-state index is 10.7. The summed E-state index contributed by atoms with van der Waals surface area (Å²) in [5.74, 6) is -0.0302. The van der Waals surface area contributed by atoms with Crippen molar-refractivity contribution in [3.63, 3.8) is 0 Å². The number of nitrogens with zero attached hydrogens (tertiary/aromatic N) is 2. The van der Waals surface area contributed by atoms with Crippen LogP contribution in [0.5, 0.6) is 0 Å². The first-order chi connectivity index (χ1) is 6.18. The standard InChI is InChI=1S/C9H12N2O2/c1-6-5-10-8-4-7(9(12)13)2-3-11(6)8/h5,7H,2-4H2,1H3,(H,12,13). The summed E-state index contributed by atoms with van der Waals surface area (Å²) in [6.45, 7) is 2.79. The highest BCUT2D eigenvalue weighted by Gasteiger charge is 2.25. The lowest BCUT2D eigenvalue weighted by atomic mass is 9.98. The lowest BCUT2D eigenvalue weighted by Crippen LogP contribution is -2.26. The second-order valence-corrected chi connectivity index (χ2v) is 3.50. The first-order valence-electron chi connectivity index (χ1n) is 4.42. The highest BCUT2D eigenvalue weighted by atomic mass is 16.4. The number of aryl methyl sites for hydroxylation is 1. The molecule has 0 saturated carbocycles. The van der Waals surface area contributed by atoms with Crippen molar-refractivity contribution in [2.24, 2.45) is 5.92 Å². The second-order valence-electron chi connectivity index (χ2n) is 3.50. The molecule has 1 aromatic heterocycles. The van der Waals surface area contributed by atoms with Crippen LogP contribution in [0.25, 0.3) is 0 Å². The number of rotatable bonds is 1. The Morgan fingerprint density at radius 1 is 1.77 bits per heavy atom. The topological polar surface area (TPSA) is 55.1 Å². The molecule has 0 aromatic carbocycles. The summed E-state index contributed by atoms with van der Waals surface area (Å²) in [7, 11) is 0. The SMILES string of the molecule is Cc1cnc2n1CCC(C(=O)O)C2. The Balaban J connectivity index is 2.25. The van der Waals surface area contributed by atoms with Crippen LogP contribution >= 0.6 is 0 Å². The van der Waals surface area contributed by atoms with Crippen LogP contribution in [-0.2, 0) is 17.8 Å². The summed E-state index contributed by atoms with van der Waals surface area (Å²) in [5, 5.41) is 8.83. The Labute approximate surface area is 76.2 Å². The fourth-order valence-electron chi connectivity index (χ4n) is 1.80. The van der Waals surface area contributed by atoms with E-state index < -0.39 is 5.97 Å². The normalized spacial score (nSPS) is 21.2. The maximum atomic E-state index is 10.7. The van der Waals surface area contributed by atoms with Gasteiger partial charge in [-0.1, -0.05) is 0 Å². The zero-order valence-corrected chi connectivity index (χ0v) is 7.53. The molecule has 2 rings (SSSR count). The number of hydrogen-bond donors (Lipinski definition) is 1. The number of imidazole rings is 1. The van der Waals surface area contributed by atoms with Crippen LogP contribution in [0.4, 0.5) is 0 Å². The molecule has 0 aliphatic carbocycles. The molecule has 70 valence electrons. The Morgan fingerprint density at radius 3 is 3.23 bits per heavy atom. The molecule has 1 aliphatic heterocycles. The molecule has 0 saturated heterocycles. The van der Waals surface area contributed by atoms with Gasteiger partial charge < -0.3 is 9.67 Å². The summed E-state index contributed by atoms with van der Waals surface area (Å²) >= 11 is 0. The zero-order valence-electron chi connectivity index (χ0n) is 7.53. The highest BCUT2D eigenvalue weighted by molar-refractivity contribution is 5.70. The first-order valence-corrected chi connectivity index (χ1v) is 4.42. The van der Waals surface area contributed by atoms with Gasteiger partial charge in [-0.05, 0) is 13.3 Å². The molecule has 1 atom stereocenters. The Morgan fingerprint density at radius 2 is 2.54 bits per heavy atom. The van der Waals surface area contributed by atoms with E-state index in [0.29, 0.717) is 6.42 Å². The van der Waals surface area contributed by atoms with Crippen LogP contribution in [0.15, 0.2) is 6.20 Å². The molecule has 0 radical (unpaired) electrons. The summed E-state index contributed by atoms with van der Waals surface area (Å²) in [6, 6.07) is 0. The fraction of sp³-hybridized carbons (Fsp3) is 0.556. The lowest BCUT2D eigenvalue weighted by Gasteiger charge is -2.20. The minimum absolute atomic E-state index is 0.241. The number of aromatic nitrogens is 2. The number of aliphatic carboxylic acids is 1. The van der Waals surface area contributed by atoms with Gasteiger partial charge in [0.15, 0.2) is 0 Å². The van der Waals surface area contributed by atoms with Crippen molar-refractivity contribution in [2.45, 2.75) is 26.3 Å². The number of hydrogen-bond acceptors (Lipinski definition) is 2. The van der Waals surface area contributed by atoms with Gasteiger partial charge in [0.1, 0.15) is 5.82 Å². The van der Waals surface area contributed by atoms with Crippen LogP contribution in [0.2, 0.25) is 0 Å². The second kappa shape index (κ2) is 2.87. The first kappa shape index (κ1) is 8.29. The van der Waals surface area contributed by atoms with Gasteiger partial charge in [0, 0.05) is 24.9 Å². The van der Waals surface area contributed by atoms with Crippen LogP contribution < -0.4 is 0 Å². The Bertz CT molecular complexity index is 343. The molecule has 1 N–H and O–H groups in total. The third-order valence-electron chi connectivity index (χ3n) is 2.62. The van der Waals surface area contributed by atoms with E-state index in [-0.39, 0.29) is 5.92 Å². The van der Waals surface area contributed by atoms with E-state index >= 15 is 0 Å². The van der Waals surface area contributed by atoms with E-state index in [4.69, 9.17) is 5.11 Å². The molecule has 4 heteroatoms. The maximum Gasteiger partial charge on any atom is 0.307 e. The average molecular weight is 180 g/mol. The smallest absolute Gasteiger partial charge is 0.307 e. The minimum Gasteiger partial charge on any atom is -0.481 e. The predicted octanol–water partition coefficient (Wildman–Crippen LogP) is 0.839. The minimum atomic E-state index is -0.702. The van der Waals surface area contributed by atoms with Crippen molar-refractivity contribution >= 4 is 5.97 Å². The molecular formula is C9H12N2O2. The molecule has 0 spiro atoms. The van der Waals surface area contributed by atoms with Gasteiger partial charge in [-0.3, -0.25) is 4.79 Å². The quantitative estimate of drug-likeness (QED) is 0.696. The van der Waals surface area contributed by atoms with Gasteiger partial charge in [-0.2, -0.15) is 0 Å². The summed E-state index contributed by atoms with van der Waals surface area (Å²) in [5.41, 5.74) is 1.12.